The molecule has 0 unspecified atom stereocenters. The summed E-state index contributed by atoms with van der Waals surface area (Å²) in [5.74, 6) is -0.350. The molecule has 1 rings (SSSR count). The average molecular weight is 257 g/mol. The standard InChI is InChI=1S/C16H19NO2/c1-11(10-15(18)19-16(3,4)5)13-7-8-14(17-6)12(2)9-13/h7-10H,1-5H3. The highest BCUT2D eigenvalue weighted by Gasteiger charge is 2.14. The summed E-state index contributed by atoms with van der Waals surface area (Å²) in [6.45, 7) is 16.3. The minimum Gasteiger partial charge on any atom is -0.457 e. The Balaban J connectivity index is 2.95. The van der Waals surface area contributed by atoms with Gasteiger partial charge in [-0.15, -0.1) is 0 Å². The molecule has 0 spiro atoms. The summed E-state index contributed by atoms with van der Waals surface area (Å²) in [6.07, 6.45) is 1.48. The fraction of sp³-hybridized carbons (Fsp3) is 0.375. The van der Waals surface area contributed by atoms with E-state index in [2.05, 4.69) is 4.85 Å². The molecule has 0 fully saturated rings. The van der Waals surface area contributed by atoms with Gasteiger partial charge in [-0.2, -0.15) is 0 Å². The Labute approximate surface area is 114 Å². The number of hydrogen-bond donors (Lipinski definition) is 0. The Bertz CT molecular complexity index is 557. The van der Waals surface area contributed by atoms with E-state index in [9.17, 15) is 4.79 Å². The molecule has 0 N–H and O–H groups in total. The highest BCUT2D eigenvalue weighted by molar-refractivity contribution is 5.91. The van der Waals surface area contributed by atoms with E-state index in [1.807, 2.05) is 46.8 Å². The van der Waals surface area contributed by atoms with E-state index in [4.69, 9.17) is 11.3 Å². The number of allylic oxidation sites excluding steroid dienone is 1. The van der Waals surface area contributed by atoms with Crippen LogP contribution in [0.1, 0.15) is 38.8 Å². The van der Waals surface area contributed by atoms with Crippen LogP contribution in [0.15, 0.2) is 24.3 Å². The van der Waals surface area contributed by atoms with Gasteiger partial charge in [0.2, 0.25) is 0 Å². The van der Waals surface area contributed by atoms with E-state index in [1.165, 1.54) is 6.08 Å². The van der Waals surface area contributed by atoms with Crippen molar-refractivity contribution >= 4 is 17.2 Å². The molecule has 0 heterocycles. The van der Waals surface area contributed by atoms with E-state index >= 15 is 0 Å². The molecule has 100 valence electrons. The van der Waals surface area contributed by atoms with Gasteiger partial charge in [-0.3, -0.25) is 0 Å². The van der Waals surface area contributed by atoms with Crippen LogP contribution in [0.3, 0.4) is 0 Å². The third-order valence-electron chi connectivity index (χ3n) is 2.51. The molecule has 3 nitrogen and oxygen atoms in total. The van der Waals surface area contributed by atoms with Crippen LogP contribution in [0, 0.1) is 13.5 Å². The van der Waals surface area contributed by atoms with Crippen LogP contribution in [0.4, 0.5) is 5.69 Å². The molecule has 0 atom stereocenters. The van der Waals surface area contributed by atoms with Gasteiger partial charge in [0.15, 0.2) is 5.69 Å². The zero-order chi connectivity index (χ0) is 14.6. The number of benzene rings is 1. The molecule has 0 bridgehead atoms. The lowest BCUT2D eigenvalue weighted by Gasteiger charge is -2.18. The molecule has 0 saturated carbocycles. The lowest BCUT2D eigenvalue weighted by atomic mass is 10.0. The molecule has 0 radical (unpaired) electrons. The molecule has 0 aliphatic rings. The van der Waals surface area contributed by atoms with Gasteiger partial charge in [-0.05, 0) is 51.3 Å². The number of esters is 1. The lowest BCUT2D eigenvalue weighted by Crippen LogP contribution is -2.22. The van der Waals surface area contributed by atoms with Gasteiger partial charge < -0.3 is 4.74 Å². The van der Waals surface area contributed by atoms with Crippen molar-refractivity contribution in [1.82, 2.24) is 0 Å². The quantitative estimate of drug-likeness (QED) is 0.449. The number of aryl methyl sites for hydroxylation is 1. The van der Waals surface area contributed by atoms with Crippen molar-refractivity contribution in [3.63, 3.8) is 0 Å². The van der Waals surface area contributed by atoms with Crippen LogP contribution >= 0.6 is 0 Å². The van der Waals surface area contributed by atoms with E-state index in [-0.39, 0.29) is 5.97 Å². The van der Waals surface area contributed by atoms with Crippen LogP contribution in [-0.2, 0) is 9.53 Å². The Morgan fingerprint density at radius 2 is 2.00 bits per heavy atom. The minimum absolute atomic E-state index is 0.350. The number of carbonyl (C=O) groups excluding carboxylic acids is 1. The Hall–Kier alpha value is -2.08. The maximum Gasteiger partial charge on any atom is 0.331 e. The number of carbonyl (C=O) groups is 1. The summed E-state index contributed by atoms with van der Waals surface area (Å²) in [5, 5.41) is 0. The molecular formula is C16H19NO2. The first-order valence-electron chi connectivity index (χ1n) is 6.12. The zero-order valence-corrected chi connectivity index (χ0v) is 12.1. The fourth-order valence-corrected chi connectivity index (χ4v) is 1.62. The third-order valence-corrected chi connectivity index (χ3v) is 2.51. The van der Waals surface area contributed by atoms with E-state index in [0.717, 1.165) is 16.7 Å². The Kier molecular flexibility index (Phi) is 4.50. The summed E-state index contributed by atoms with van der Waals surface area (Å²) < 4.78 is 5.24. The topological polar surface area (TPSA) is 30.7 Å². The molecule has 0 aliphatic heterocycles. The number of rotatable bonds is 2. The van der Waals surface area contributed by atoms with Gasteiger partial charge in [0.05, 0.1) is 6.57 Å². The van der Waals surface area contributed by atoms with Gasteiger partial charge >= 0.3 is 5.97 Å². The van der Waals surface area contributed by atoms with Crippen molar-refractivity contribution in [2.75, 3.05) is 0 Å². The average Bonchev–Trinajstić information content (AvgIpc) is 2.26. The normalized spacial score (nSPS) is 11.9. The van der Waals surface area contributed by atoms with Crippen LogP contribution in [-0.4, -0.2) is 11.6 Å². The summed E-state index contributed by atoms with van der Waals surface area (Å²) in [7, 11) is 0. The van der Waals surface area contributed by atoms with Crippen LogP contribution in [0.5, 0.6) is 0 Å². The first-order chi connectivity index (χ1) is 8.73. The summed E-state index contributed by atoms with van der Waals surface area (Å²) in [4.78, 5) is 15.1. The van der Waals surface area contributed by atoms with Crippen molar-refractivity contribution in [2.24, 2.45) is 0 Å². The summed E-state index contributed by atoms with van der Waals surface area (Å²) >= 11 is 0. The second-order valence-corrected chi connectivity index (χ2v) is 5.47. The maximum atomic E-state index is 11.7. The number of nitrogens with zero attached hydrogens (tertiary/aromatic N) is 1. The van der Waals surface area contributed by atoms with E-state index in [0.29, 0.717) is 5.69 Å². The second kappa shape index (κ2) is 5.71. The number of ether oxygens (including phenoxy) is 1. The van der Waals surface area contributed by atoms with Crippen molar-refractivity contribution in [1.29, 1.82) is 0 Å². The molecule has 1 aromatic carbocycles. The van der Waals surface area contributed by atoms with Crippen molar-refractivity contribution in [3.8, 4) is 0 Å². The van der Waals surface area contributed by atoms with Crippen LogP contribution in [0.2, 0.25) is 0 Å². The predicted octanol–water partition coefficient (Wildman–Crippen LogP) is 4.29. The molecule has 0 aliphatic carbocycles. The van der Waals surface area contributed by atoms with E-state index in [1.54, 1.807) is 6.07 Å². The zero-order valence-electron chi connectivity index (χ0n) is 12.1. The van der Waals surface area contributed by atoms with Crippen molar-refractivity contribution < 1.29 is 9.53 Å². The first-order valence-corrected chi connectivity index (χ1v) is 6.12. The Morgan fingerprint density at radius 3 is 2.47 bits per heavy atom. The molecule has 1 aromatic rings. The highest BCUT2D eigenvalue weighted by Crippen LogP contribution is 2.23. The smallest absolute Gasteiger partial charge is 0.331 e. The molecule has 0 amide bonds. The first kappa shape index (κ1) is 15.0. The minimum atomic E-state index is -0.488. The molecule has 0 saturated heterocycles. The molecule has 19 heavy (non-hydrogen) atoms. The largest absolute Gasteiger partial charge is 0.457 e. The number of hydrogen-bond acceptors (Lipinski definition) is 2. The Morgan fingerprint density at radius 1 is 1.37 bits per heavy atom. The van der Waals surface area contributed by atoms with E-state index < -0.39 is 5.60 Å². The second-order valence-electron chi connectivity index (χ2n) is 5.47. The SMILES string of the molecule is [C-]#[N+]c1ccc(C(C)=CC(=O)OC(C)(C)C)cc1C. The predicted molar refractivity (Wildman–Crippen MR) is 76.9 cm³/mol. The van der Waals surface area contributed by atoms with Gasteiger partial charge in [0.25, 0.3) is 0 Å². The summed E-state index contributed by atoms with van der Waals surface area (Å²) in [6, 6.07) is 5.52. The van der Waals surface area contributed by atoms with Gasteiger partial charge in [0, 0.05) is 6.08 Å². The van der Waals surface area contributed by atoms with Gasteiger partial charge in [-0.1, -0.05) is 18.2 Å². The molecular weight excluding hydrogens is 238 g/mol. The van der Waals surface area contributed by atoms with Crippen LogP contribution in [0.25, 0.3) is 10.4 Å². The lowest BCUT2D eigenvalue weighted by molar-refractivity contribution is -0.148. The van der Waals surface area contributed by atoms with Crippen molar-refractivity contribution in [2.45, 2.75) is 40.2 Å². The fourth-order valence-electron chi connectivity index (χ4n) is 1.62. The van der Waals surface area contributed by atoms with Gasteiger partial charge in [0.1, 0.15) is 5.60 Å². The molecule has 0 aromatic heterocycles. The summed E-state index contributed by atoms with van der Waals surface area (Å²) in [5.41, 5.74) is 2.81. The third kappa shape index (κ3) is 4.59. The van der Waals surface area contributed by atoms with Crippen LogP contribution < -0.4 is 0 Å². The highest BCUT2D eigenvalue weighted by atomic mass is 16.6. The maximum absolute atomic E-state index is 11.7. The molecule has 3 heteroatoms. The van der Waals surface area contributed by atoms with Gasteiger partial charge in [-0.25, -0.2) is 9.64 Å². The van der Waals surface area contributed by atoms with Crippen molar-refractivity contribution in [3.05, 3.63) is 46.8 Å². The monoisotopic (exact) mass is 257 g/mol.